The number of aromatic nitrogens is 1. The maximum absolute atomic E-state index is 14.1. The van der Waals surface area contributed by atoms with Crippen LogP contribution < -0.4 is 15.4 Å². The summed E-state index contributed by atoms with van der Waals surface area (Å²) >= 11 is 7.11. The first-order chi connectivity index (χ1) is 14.8. The summed E-state index contributed by atoms with van der Waals surface area (Å²) in [5, 5.41) is 6.53. The van der Waals surface area contributed by atoms with Gasteiger partial charge in [-0.15, -0.1) is 11.3 Å². The topological polar surface area (TPSA) is 80.3 Å². The number of hydrogen-bond acceptors (Lipinski definition) is 5. The van der Waals surface area contributed by atoms with Crippen molar-refractivity contribution in [3.05, 3.63) is 68.4 Å². The van der Waals surface area contributed by atoms with Crippen molar-refractivity contribution < 1.29 is 18.7 Å². The third-order valence-corrected chi connectivity index (χ3v) is 5.84. The minimum Gasteiger partial charge on any atom is -0.495 e. The van der Waals surface area contributed by atoms with Crippen LogP contribution in [0.25, 0.3) is 0 Å². The Labute approximate surface area is 188 Å². The minimum atomic E-state index is -0.739. The lowest BCUT2D eigenvalue weighted by atomic mass is 10.2. The first-order valence-corrected chi connectivity index (χ1v) is 10.7. The molecular formula is C22H21ClFN3O3S. The zero-order chi connectivity index (χ0) is 22.5. The van der Waals surface area contributed by atoms with Crippen LogP contribution in [0.3, 0.4) is 0 Å². The highest BCUT2D eigenvalue weighted by molar-refractivity contribution is 7.13. The Hall–Kier alpha value is -2.97. The number of halogens is 2. The molecule has 0 radical (unpaired) electrons. The van der Waals surface area contributed by atoms with Crippen molar-refractivity contribution in [1.29, 1.82) is 0 Å². The van der Waals surface area contributed by atoms with Gasteiger partial charge in [-0.2, -0.15) is 0 Å². The summed E-state index contributed by atoms with van der Waals surface area (Å²) in [5.41, 5.74) is 1.24. The van der Waals surface area contributed by atoms with Crippen LogP contribution in [0.15, 0.2) is 36.4 Å². The van der Waals surface area contributed by atoms with E-state index in [-0.39, 0.29) is 22.2 Å². The van der Waals surface area contributed by atoms with E-state index in [1.807, 2.05) is 0 Å². The molecule has 0 spiro atoms. The van der Waals surface area contributed by atoms with Crippen molar-refractivity contribution in [3.8, 4) is 5.75 Å². The van der Waals surface area contributed by atoms with Gasteiger partial charge in [0, 0.05) is 10.7 Å². The number of methoxy groups -OCH3 is 1. The molecule has 162 valence electrons. The molecule has 9 heteroatoms. The number of carbonyl (C=O) groups excluding carboxylic acids is 2. The molecule has 2 aromatic carbocycles. The van der Waals surface area contributed by atoms with Gasteiger partial charge in [0.05, 0.1) is 29.1 Å². The van der Waals surface area contributed by atoms with Gasteiger partial charge < -0.3 is 15.4 Å². The Kier molecular flexibility index (Phi) is 7.25. The van der Waals surface area contributed by atoms with E-state index in [4.69, 9.17) is 16.3 Å². The molecule has 31 heavy (non-hydrogen) atoms. The number of nitrogens with zero attached hydrogens (tertiary/aromatic N) is 1. The molecule has 0 aliphatic rings. The first-order valence-electron chi connectivity index (χ1n) is 9.54. The first kappa shape index (κ1) is 22.7. The Morgan fingerprint density at radius 3 is 2.61 bits per heavy atom. The second-order valence-electron chi connectivity index (χ2n) is 6.72. The number of carbonyl (C=O) groups is 2. The lowest BCUT2D eigenvalue weighted by Gasteiger charge is -2.13. The Morgan fingerprint density at radius 2 is 1.94 bits per heavy atom. The monoisotopic (exact) mass is 461 g/mol. The number of nitrogens with one attached hydrogen (secondary N) is 2. The van der Waals surface area contributed by atoms with Gasteiger partial charge in [-0.05, 0) is 56.2 Å². The van der Waals surface area contributed by atoms with Crippen molar-refractivity contribution in [2.24, 2.45) is 0 Å². The highest BCUT2D eigenvalue weighted by atomic mass is 35.5. The van der Waals surface area contributed by atoms with E-state index in [9.17, 15) is 14.0 Å². The molecule has 0 aliphatic carbocycles. The molecule has 1 heterocycles. The summed E-state index contributed by atoms with van der Waals surface area (Å²) < 4.78 is 19.4. The second kappa shape index (κ2) is 9.89. The molecule has 0 fully saturated rings. The molecule has 0 saturated heterocycles. The summed E-state index contributed by atoms with van der Waals surface area (Å²) in [6.07, 6.45) is 1.77. The lowest BCUT2D eigenvalue weighted by molar-refractivity contribution is 0.101. The molecule has 0 atom stereocenters. The minimum absolute atomic E-state index is 0.162. The van der Waals surface area contributed by atoms with Crippen LogP contribution >= 0.6 is 22.9 Å². The van der Waals surface area contributed by atoms with Gasteiger partial charge >= 0.3 is 0 Å². The zero-order valence-electron chi connectivity index (χ0n) is 17.2. The Bertz CT molecular complexity index is 1130. The van der Waals surface area contributed by atoms with Crippen molar-refractivity contribution in [2.45, 2.75) is 26.7 Å². The van der Waals surface area contributed by atoms with Crippen molar-refractivity contribution >= 4 is 46.1 Å². The second-order valence-corrected chi connectivity index (χ2v) is 8.24. The summed E-state index contributed by atoms with van der Waals surface area (Å²) in [5.74, 6) is -1.33. The molecule has 2 N–H and O–H groups in total. The number of ether oxygens (including phenoxy) is 1. The predicted molar refractivity (Wildman–Crippen MR) is 121 cm³/mol. The van der Waals surface area contributed by atoms with E-state index in [2.05, 4.69) is 22.5 Å². The lowest BCUT2D eigenvalue weighted by Crippen LogP contribution is -2.15. The van der Waals surface area contributed by atoms with Crippen LogP contribution in [-0.2, 0) is 6.42 Å². The third kappa shape index (κ3) is 5.39. The molecule has 1 aromatic heterocycles. The highest BCUT2D eigenvalue weighted by Gasteiger charge is 2.18. The van der Waals surface area contributed by atoms with Crippen molar-refractivity contribution in [2.75, 3.05) is 17.7 Å². The number of aryl methyl sites for hydroxylation is 2. The van der Waals surface area contributed by atoms with E-state index in [1.54, 1.807) is 25.1 Å². The smallest absolute Gasteiger partial charge is 0.267 e. The highest BCUT2D eigenvalue weighted by Crippen LogP contribution is 2.30. The van der Waals surface area contributed by atoms with E-state index in [0.717, 1.165) is 23.9 Å². The number of rotatable bonds is 7. The summed E-state index contributed by atoms with van der Waals surface area (Å²) in [4.78, 5) is 30.2. The molecule has 0 bridgehead atoms. The molecular weight excluding hydrogens is 441 g/mol. The van der Waals surface area contributed by atoms with Gasteiger partial charge in [-0.1, -0.05) is 18.5 Å². The predicted octanol–water partition coefficient (Wildman–Crippen LogP) is 5.71. The van der Waals surface area contributed by atoms with Crippen LogP contribution in [0, 0.1) is 12.7 Å². The van der Waals surface area contributed by atoms with Crippen LogP contribution in [0.4, 0.5) is 15.8 Å². The Morgan fingerprint density at radius 1 is 1.16 bits per heavy atom. The fourth-order valence-electron chi connectivity index (χ4n) is 2.92. The fraction of sp³-hybridized carbons (Fsp3) is 0.227. The van der Waals surface area contributed by atoms with Gasteiger partial charge in [0.1, 0.15) is 16.4 Å². The summed E-state index contributed by atoms with van der Waals surface area (Å²) in [7, 11) is 1.45. The van der Waals surface area contributed by atoms with E-state index < -0.39 is 11.7 Å². The maximum atomic E-state index is 14.1. The van der Waals surface area contributed by atoms with Crippen LogP contribution in [-0.4, -0.2) is 23.9 Å². The Balaban J connectivity index is 1.81. The molecule has 0 aliphatic heterocycles. The maximum Gasteiger partial charge on any atom is 0.267 e. The SMILES string of the molecule is CCCc1nc(C)c(C(=O)Nc2ccc(OC)c(NC(=O)c3ccc(Cl)cc3F)c2)s1. The van der Waals surface area contributed by atoms with Crippen molar-refractivity contribution in [1.82, 2.24) is 4.98 Å². The number of hydrogen-bond donors (Lipinski definition) is 2. The van der Waals surface area contributed by atoms with Gasteiger partial charge in [0.25, 0.3) is 11.8 Å². The van der Waals surface area contributed by atoms with Gasteiger partial charge in [-0.3, -0.25) is 9.59 Å². The number of anilines is 2. The van der Waals surface area contributed by atoms with Crippen LogP contribution in [0.1, 0.15) is 44.1 Å². The molecule has 3 rings (SSSR count). The van der Waals surface area contributed by atoms with Crippen molar-refractivity contribution in [3.63, 3.8) is 0 Å². The summed E-state index contributed by atoms with van der Waals surface area (Å²) in [6, 6.07) is 8.59. The number of thiazole rings is 1. The van der Waals surface area contributed by atoms with Gasteiger partial charge in [0.2, 0.25) is 0 Å². The van der Waals surface area contributed by atoms with Gasteiger partial charge in [0.15, 0.2) is 0 Å². The quantitative estimate of drug-likeness (QED) is 0.472. The molecule has 0 unspecified atom stereocenters. The van der Waals surface area contributed by atoms with Gasteiger partial charge in [-0.25, -0.2) is 9.37 Å². The zero-order valence-corrected chi connectivity index (χ0v) is 18.8. The molecule has 3 aromatic rings. The van der Waals surface area contributed by atoms with Crippen LogP contribution in [0.5, 0.6) is 5.75 Å². The van der Waals surface area contributed by atoms with E-state index in [0.29, 0.717) is 22.0 Å². The van der Waals surface area contributed by atoms with Crippen LogP contribution in [0.2, 0.25) is 5.02 Å². The number of benzene rings is 2. The molecule has 2 amide bonds. The standard InChI is InChI=1S/C22H21ClFN3O3S/c1-4-5-19-25-12(2)20(31-19)22(29)26-14-7-9-18(30-3)17(11-14)27-21(28)15-8-6-13(23)10-16(15)24/h6-11H,4-5H2,1-3H3,(H,26,29)(H,27,28). The normalized spacial score (nSPS) is 10.6. The summed E-state index contributed by atoms with van der Waals surface area (Å²) in [6.45, 7) is 3.85. The third-order valence-electron chi connectivity index (χ3n) is 4.39. The molecule has 0 saturated carbocycles. The fourth-order valence-corrected chi connectivity index (χ4v) is 4.14. The molecule has 6 nitrogen and oxygen atoms in total. The number of amides is 2. The largest absolute Gasteiger partial charge is 0.495 e. The van der Waals surface area contributed by atoms with E-state index >= 15 is 0 Å². The van der Waals surface area contributed by atoms with E-state index in [1.165, 1.54) is 30.6 Å². The average Bonchev–Trinajstić information content (AvgIpc) is 3.08. The average molecular weight is 462 g/mol.